The molecule has 0 spiro atoms. The van der Waals surface area contributed by atoms with Crippen molar-refractivity contribution in [1.82, 2.24) is 0 Å². The lowest BCUT2D eigenvalue weighted by Crippen LogP contribution is -2.30. The summed E-state index contributed by atoms with van der Waals surface area (Å²) in [5.41, 5.74) is 1.66. The minimum absolute atomic E-state index is 0.233. The van der Waals surface area contributed by atoms with Crippen LogP contribution in [0.25, 0.3) is 0 Å². The van der Waals surface area contributed by atoms with Crippen LogP contribution < -0.4 is 9.47 Å². The molecule has 128 valence electrons. The second-order valence-corrected chi connectivity index (χ2v) is 5.65. The van der Waals surface area contributed by atoms with Gasteiger partial charge in [-0.25, -0.2) is 0 Å². The van der Waals surface area contributed by atoms with E-state index in [1.807, 2.05) is 48.5 Å². The Morgan fingerprint density at radius 1 is 0.833 bits per heavy atom. The van der Waals surface area contributed by atoms with Crippen LogP contribution in [-0.4, -0.2) is 27.3 Å². The molecule has 2 aromatic carbocycles. The van der Waals surface area contributed by atoms with E-state index in [4.69, 9.17) is 14.2 Å². The maximum absolute atomic E-state index is 12.1. The summed E-state index contributed by atoms with van der Waals surface area (Å²) in [6.45, 7) is 2.08. The topological polar surface area (TPSA) is 44.8 Å². The van der Waals surface area contributed by atoms with E-state index < -0.39 is 5.41 Å². The van der Waals surface area contributed by atoms with Crippen LogP contribution in [0.3, 0.4) is 0 Å². The fourth-order valence-corrected chi connectivity index (χ4v) is 3.04. The first-order valence-electron chi connectivity index (χ1n) is 7.95. The fourth-order valence-electron chi connectivity index (χ4n) is 3.04. The van der Waals surface area contributed by atoms with E-state index in [1.54, 1.807) is 14.2 Å². The second kappa shape index (κ2) is 7.86. The van der Waals surface area contributed by atoms with Gasteiger partial charge in [0.15, 0.2) is 0 Å². The van der Waals surface area contributed by atoms with E-state index in [0.717, 1.165) is 29.0 Å². The Hall–Kier alpha value is -2.49. The first kappa shape index (κ1) is 17.9. The Morgan fingerprint density at radius 3 is 1.54 bits per heavy atom. The lowest BCUT2D eigenvalue weighted by Gasteiger charge is -2.33. The number of carbonyl (C=O) groups is 1. The van der Waals surface area contributed by atoms with Crippen molar-refractivity contribution < 1.29 is 19.0 Å². The Bertz CT molecular complexity index is 612. The van der Waals surface area contributed by atoms with Gasteiger partial charge in [0.2, 0.25) is 0 Å². The van der Waals surface area contributed by atoms with E-state index in [9.17, 15) is 4.79 Å². The molecule has 0 atom stereocenters. The van der Waals surface area contributed by atoms with Crippen LogP contribution in [0.15, 0.2) is 48.5 Å². The maximum atomic E-state index is 12.1. The predicted octanol–water partition coefficient (Wildman–Crippen LogP) is 3.96. The van der Waals surface area contributed by atoms with Crippen LogP contribution in [0.5, 0.6) is 11.5 Å². The van der Waals surface area contributed by atoms with Crippen LogP contribution >= 0.6 is 0 Å². The van der Waals surface area contributed by atoms with Gasteiger partial charge in [-0.15, -0.1) is 0 Å². The first-order chi connectivity index (χ1) is 11.6. The molecular formula is C20H24O4. The Balaban J connectivity index is 2.54. The van der Waals surface area contributed by atoms with Crippen molar-refractivity contribution in [2.45, 2.75) is 25.2 Å². The SMILES string of the molecule is CCC(CC(=O)OC)(c1ccc(OC)cc1)c1ccc(OC)cc1. The Morgan fingerprint density at radius 2 is 1.25 bits per heavy atom. The third kappa shape index (κ3) is 3.53. The van der Waals surface area contributed by atoms with E-state index >= 15 is 0 Å². The van der Waals surface area contributed by atoms with Gasteiger partial charge in [-0.3, -0.25) is 4.79 Å². The van der Waals surface area contributed by atoms with Crippen molar-refractivity contribution in [3.05, 3.63) is 59.7 Å². The summed E-state index contributed by atoms with van der Waals surface area (Å²) < 4.78 is 15.4. The molecule has 0 aromatic heterocycles. The molecule has 0 unspecified atom stereocenters. The molecule has 24 heavy (non-hydrogen) atoms. The molecule has 2 rings (SSSR count). The van der Waals surface area contributed by atoms with Crippen molar-refractivity contribution in [3.63, 3.8) is 0 Å². The largest absolute Gasteiger partial charge is 0.497 e. The van der Waals surface area contributed by atoms with Gasteiger partial charge in [-0.1, -0.05) is 31.2 Å². The number of methoxy groups -OCH3 is 3. The molecule has 0 saturated heterocycles. The molecule has 0 saturated carbocycles. The van der Waals surface area contributed by atoms with Crippen molar-refractivity contribution >= 4 is 5.97 Å². The molecule has 0 aliphatic heterocycles. The molecule has 0 N–H and O–H groups in total. The van der Waals surface area contributed by atoms with Gasteiger partial charge in [0.25, 0.3) is 0 Å². The summed E-state index contributed by atoms with van der Waals surface area (Å²) in [7, 11) is 4.70. The van der Waals surface area contributed by atoms with E-state index in [1.165, 1.54) is 7.11 Å². The Labute approximate surface area is 143 Å². The number of hydrogen-bond acceptors (Lipinski definition) is 4. The molecule has 0 aliphatic carbocycles. The van der Waals surface area contributed by atoms with Gasteiger partial charge in [0, 0.05) is 5.41 Å². The molecule has 4 nitrogen and oxygen atoms in total. The molecule has 0 aliphatic rings. The van der Waals surface area contributed by atoms with Crippen LogP contribution in [0.1, 0.15) is 30.9 Å². The highest BCUT2D eigenvalue weighted by molar-refractivity contribution is 5.72. The number of ether oxygens (including phenoxy) is 3. The molecule has 0 bridgehead atoms. The summed E-state index contributed by atoms with van der Waals surface area (Å²) in [5, 5.41) is 0. The number of hydrogen-bond donors (Lipinski definition) is 0. The van der Waals surface area contributed by atoms with Gasteiger partial charge in [0.1, 0.15) is 11.5 Å². The monoisotopic (exact) mass is 328 g/mol. The van der Waals surface area contributed by atoms with Gasteiger partial charge >= 0.3 is 5.97 Å². The standard InChI is InChI=1S/C20H24O4/c1-5-20(14-19(21)24-4,15-6-10-17(22-2)11-7-15)16-8-12-18(23-3)13-9-16/h6-13H,5,14H2,1-4H3. The zero-order valence-electron chi connectivity index (χ0n) is 14.7. The predicted molar refractivity (Wildman–Crippen MR) is 93.7 cm³/mol. The second-order valence-electron chi connectivity index (χ2n) is 5.65. The first-order valence-corrected chi connectivity index (χ1v) is 7.95. The molecule has 0 heterocycles. The highest BCUT2D eigenvalue weighted by atomic mass is 16.5. The van der Waals surface area contributed by atoms with Crippen LogP contribution in [0, 0.1) is 0 Å². The van der Waals surface area contributed by atoms with Gasteiger partial charge in [-0.2, -0.15) is 0 Å². The van der Waals surface area contributed by atoms with Crippen LogP contribution in [-0.2, 0) is 14.9 Å². The third-order valence-corrected chi connectivity index (χ3v) is 4.56. The summed E-state index contributed by atoms with van der Waals surface area (Å²) in [6.07, 6.45) is 1.04. The van der Waals surface area contributed by atoms with Gasteiger partial charge < -0.3 is 14.2 Å². The van der Waals surface area contributed by atoms with Crippen LogP contribution in [0.2, 0.25) is 0 Å². The highest BCUT2D eigenvalue weighted by Crippen LogP contribution is 2.40. The lowest BCUT2D eigenvalue weighted by molar-refractivity contribution is -0.141. The molecule has 0 amide bonds. The zero-order valence-corrected chi connectivity index (χ0v) is 14.7. The third-order valence-electron chi connectivity index (χ3n) is 4.56. The molecular weight excluding hydrogens is 304 g/mol. The smallest absolute Gasteiger partial charge is 0.306 e. The van der Waals surface area contributed by atoms with E-state index in [0.29, 0.717) is 0 Å². The fraction of sp³-hybridized carbons (Fsp3) is 0.350. The maximum Gasteiger partial charge on any atom is 0.306 e. The number of carbonyl (C=O) groups excluding carboxylic acids is 1. The van der Waals surface area contributed by atoms with Crippen molar-refractivity contribution in [2.75, 3.05) is 21.3 Å². The summed E-state index contributed by atoms with van der Waals surface area (Å²) in [6, 6.07) is 15.7. The minimum Gasteiger partial charge on any atom is -0.497 e. The highest BCUT2D eigenvalue weighted by Gasteiger charge is 2.35. The molecule has 4 heteroatoms. The summed E-state index contributed by atoms with van der Waals surface area (Å²) in [5.74, 6) is 1.34. The average molecular weight is 328 g/mol. The van der Waals surface area contributed by atoms with Gasteiger partial charge in [0.05, 0.1) is 27.8 Å². The van der Waals surface area contributed by atoms with E-state index in [-0.39, 0.29) is 12.4 Å². The number of rotatable bonds is 7. The normalized spacial score (nSPS) is 11.0. The summed E-state index contributed by atoms with van der Waals surface area (Å²) in [4.78, 5) is 12.1. The van der Waals surface area contributed by atoms with Gasteiger partial charge in [-0.05, 0) is 41.8 Å². The van der Waals surface area contributed by atoms with Crippen molar-refractivity contribution in [1.29, 1.82) is 0 Å². The molecule has 0 radical (unpaired) electrons. The molecule has 0 fully saturated rings. The molecule has 2 aromatic rings. The van der Waals surface area contributed by atoms with Crippen molar-refractivity contribution in [3.8, 4) is 11.5 Å². The number of esters is 1. The number of benzene rings is 2. The van der Waals surface area contributed by atoms with Crippen molar-refractivity contribution in [2.24, 2.45) is 0 Å². The Kier molecular flexibility index (Phi) is 5.85. The van der Waals surface area contributed by atoms with Crippen LogP contribution in [0.4, 0.5) is 0 Å². The van der Waals surface area contributed by atoms with E-state index in [2.05, 4.69) is 6.92 Å². The zero-order chi connectivity index (χ0) is 17.6. The lowest BCUT2D eigenvalue weighted by atomic mass is 9.70. The quantitative estimate of drug-likeness (QED) is 0.722. The summed E-state index contributed by atoms with van der Waals surface area (Å²) >= 11 is 0. The minimum atomic E-state index is -0.453. The average Bonchev–Trinajstić information content (AvgIpc) is 2.66.